The van der Waals surface area contributed by atoms with E-state index < -0.39 is 0 Å². The SMILES string of the molecule is CC(C)CC[C@@H](C)NC(=O)CSc1nnc(NC[C@H]2CCCO2)s1. The summed E-state index contributed by atoms with van der Waals surface area (Å²) in [6.45, 7) is 8.08. The molecule has 0 aromatic carbocycles. The Balaban J connectivity index is 1.63. The van der Waals surface area contributed by atoms with Crippen molar-refractivity contribution in [1.82, 2.24) is 15.5 Å². The molecule has 2 N–H and O–H groups in total. The van der Waals surface area contributed by atoms with Crippen LogP contribution in [0.1, 0.15) is 46.5 Å². The standard InChI is InChI=1S/C16H28N4O2S2/c1-11(2)6-7-12(3)18-14(21)10-23-16-20-19-15(24-16)17-9-13-5-4-8-22-13/h11-13H,4-10H2,1-3H3,(H,17,19)(H,18,21)/t12-,13-/m1/s1. The van der Waals surface area contributed by atoms with E-state index in [2.05, 4.69) is 41.6 Å². The maximum atomic E-state index is 12.0. The molecule has 8 heteroatoms. The fraction of sp³-hybridized carbons (Fsp3) is 0.812. The number of nitrogens with zero attached hydrogens (tertiary/aromatic N) is 2. The summed E-state index contributed by atoms with van der Waals surface area (Å²) in [5, 5.41) is 15.3. The van der Waals surface area contributed by atoms with Crippen LogP contribution in [-0.4, -0.2) is 47.2 Å². The lowest BCUT2D eigenvalue weighted by Gasteiger charge is -2.14. The lowest BCUT2D eigenvalue weighted by atomic mass is 10.0. The average molecular weight is 373 g/mol. The van der Waals surface area contributed by atoms with Crippen LogP contribution >= 0.6 is 23.1 Å². The fourth-order valence-electron chi connectivity index (χ4n) is 2.45. The Bertz CT molecular complexity index is 504. The highest BCUT2D eigenvalue weighted by atomic mass is 32.2. The van der Waals surface area contributed by atoms with Crippen molar-refractivity contribution in [2.45, 2.75) is 62.9 Å². The first kappa shape index (κ1) is 19.5. The van der Waals surface area contributed by atoms with E-state index in [9.17, 15) is 4.79 Å². The minimum absolute atomic E-state index is 0.0559. The largest absolute Gasteiger partial charge is 0.376 e. The lowest BCUT2D eigenvalue weighted by molar-refractivity contribution is -0.119. The van der Waals surface area contributed by atoms with Crippen molar-refractivity contribution in [3.63, 3.8) is 0 Å². The molecule has 1 saturated heterocycles. The molecule has 2 heterocycles. The number of amides is 1. The van der Waals surface area contributed by atoms with Gasteiger partial charge in [0.15, 0.2) is 4.34 Å². The van der Waals surface area contributed by atoms with E-state index in [1.165, 1.54) is 23.1 Å². The van der Waals surface area contributed by atoms with Gasteiger partial charge in [0.2, 0.25) is 11.0 Å². The van der Waals surface area contributed by atoms with E-state index >= 15 is 0 Å². The van der Waals surface area contributed by atoms with Crippen LogP contribution in [0.4, 0.5) is 5.13 Å². The number of nitrogens with one attached hydrogen (secondary N) is 2. The summed E-state index contributed by atoms with van der Waals surface area (Å²) < 4.78 is 6.38. The van der Waals surface area contributed by atoms with Gasteiger partial charge in [-0.1, -0.05) is 36.9 Å². The van der Waals surface area contributed by atoms with Crippen LogP contribution in [0.3, 0.4) is 0 Å². The average Bonchev–Trinajstić information content (AvgIpc) is 3.20. The molecule has 6 nitrogen and oxygen atoms in total. The number of aromatic nitrogens is 2. The van der Waals surface area contributed by atoms with Crippen molar-refractivity contribution in [3.05, 3.63) is 0 Å². The summed E-state index contributed by atoms with van der Waals surface area (Å²) in [6, 6.07) is 0.221. The molecule has 2 atom stereocenters. The molecule has 1 aliphatic heterocycles. The summed E-state index contributed by atoms with van der Waals surface area (Å²) in [5.74, 6) is 1.10. The van der Waals surface area contributed by atoms with Crippen molar-refractivity contribution in [2.24, 2.45) is 5.92 Å². The third kappa shape index (κ3) is 7.36. The number of carbonyl (C=O) groups excluding carboxylic acids is 1. The van der Waals surface area contributed by atoms with Gasteiger partial charge >= 0.3 is 0 Å². The van der Waals surface area contributed by atoms with E-state index in [1.807, 2.05) is 0 Å². The van der Waals surface area contributed by atoms with Gasteiger partial charge < -0.3 is 15.4 Å². The summed E-state index contributed by atoms with van der Waals surface area (Å²) in [5.41, 5.74) is 0. The molecule has 1 aliphatic rings. The normalized spacial score (nSPS) is 18.8. The van der Waals surface area contributed by atoms with Crippen LogP contribution in [0.2, 0.25) is 0 Å². The van der Waals surface area contributed by atoms with E-state index in [4.69, 9.17) is 4.74 Å². The smallest absolute Gasteiger partial charge is 0.230 e. The molecule has 0 radical (unpaired) electrons. The van der Waals surface area contributed by atoms with Crippen LogP contribution in [0.25, 0.3) is 0 Å². The van der Waals surface area contributed by atoms with E-state index in [0.29, 0.717) is 11.7 Å². The summed E-state index contributed by atoms with van der Waals surface area (Å²) in [6.07, 6.45) is 4.66. The van der Waals surface area contributed by atoms with Crippen molar-refractivity contribution in [2.75, 3.05) is 24.2 Å². The Morgan fingerprint density at radius 1 is 1.38 bits per heavy atom. The number of rotatable bonds is 10. The Labute approximate surface area is 152 Å². The highest BCUT2D eigenvalue weighted by Crippen LogP contribution is 2.25. The Morgan fingerprint density at radius 3 is 2.92 bits per heavy atom. The molecular formula is C16H28N4O2S2. The van der Waals surface area contributed by atoms with Gasteiger partial charge in [0, 0.05) is 19.2 Å². The molecule has 136 valence electrons. The molecular weight excluding hydrogens is 344 g/mol. The summed E-state index contributed by atoms with van der Waals surface area (Å²) in [7, 11) is 0. The van der Waals surface area contributed by atoms with Gasteiger partial charge in [-0.05, 0) is 38.5 Å². The van der Waals surface area contributed by atoms with Crippen LogP contribution in [0.5, 0.6) is 0 Å². The molecule has 1 aromatic heterocycles. The molecule has 1 aromatic rings. The predicted octanol–water partition coefficient (Wildman–Crippen LogP) is 3.16. The Kier molecular flexibility index (Phi) is 8.28. The Morgan fingerprint density at radius 2 is 2.21 bits per heavy atom. The fourth-order valence-corrected chi connectivity index (χ4v) is 4.02. The first-order valence-electron chi connectivity index (χ1n) is 8.64. The summed E-state index contributed by atoms with van der Waals surface area (Å²) in [4.78, 5) is 12.0. The number of thioether (sulfide) groups is 1. The van der Waals surface area contributed by atoms with Crippen LogP contribution in [0, 0.1) is 5.92 Å². The van der Waals surface area contributed by atoms with E-state index in [0.717, 1.165) is 48.3 Å². The zero-order valence-corrected chi connectivity index (χ0v) is 16.3. The van der Waals surface area contributed by atoms with E-state index in [-0.39, 0.29) is 18.1 Å². The van der Waals surface area contributed by atoms with Crippen LogP contribution in [-0.2, 0) is 9.53 Å². The van der Waals surface area contributed by atoms with Gasteiger partial charge in [-0.3, -0.25) is 4.79 Å². The predicted molar refractivity (Wildman–Crippen MR) is 99.8 cm³/mol. The quantitative estimate of drug-likeness (QED) is 0.615. The van der Waals surface area contributed by atoms with Crippen molar-refractivity contribution in [1.29, 1.82) is 0 Å². The molecule has 1 fully saturated rings. The second kappa shape index (κ2) is 10.2. The maximum Gasteiger partial charge on any atom is 0.230 e. The van der Waals surface area contributed by atoms with Gasteiger partial charge in [0.25, 0.3) is 0 Å². The minimum atomic E-state index is 0.0559. The van der Waals surface area contributed by atoms with Gasteiger partial charge in [0.1, 0.15) is 0 Å². The first-order chi connectivity index (χ1) is 11.5. The van der Waals surface area contributed by atoms with Crippen molar-refractivity contribution < 1.29 is 9.53 Å². The first-order valence-corrected chi connectivity index (χ1v) is 10.4. The lowest BCUT2D eigenvalue weighted by Crippen LogP contribution is -2.33. The number of hydrogen-bond donors (Lipinski definition) is 2. The van der Waals surface area contributed by atoms with Crippen LogP contribution in [0.15, 0.2) is 4.34 Å². The summed E-state index contributed by atoms with van der Waals surface area (Å²) >= 11 is 2.92. The molecule has 1 amide bonds. The third-order valence-electron chi connectivity index (χ3n) is 3.82. The molecule has 0 bridgehead atoms. The monoisotopic (exact) mass is 372 g/mol. The zero-order chi connectivity index (χ0) is 17.4. The minimum Gasteiger partial charge on any atom is -0.376 e. The maximum absolute atomic E-state index is 12.0. The second-order valence-electron chi connectivity index (χ2n) is 6.62. The number of anilines is 1. The zero-order valence-electron chi connectivity index (χ0n) is 14.7. The molecule has 0 saturated carbocycles. The molecule has 0 unspecified atom stereocenters. The molecule has 0 aliphatic carbocycles. The number of hydrogen-bond acceptors (Lipinski definition) is 7. The van der Waals surface area contributed by atoms with Gasteiger partial charge in [-0.25, -0.2) is 0 Å². The Hall–Kier alpha value is -0.860. The van der Waals surface area contributed by atoms with Crippen molar-refractivity contribution in [3.8, 4) is 0 Å². The number of carbonyl (C=O) groups is 1. The third-order valence-corrected chi connectivity index (χ3v) is 5.84. The van der Waals surface area contributed by atoms with Crippen LogP contribution < -0.4 is 10.6 Å². The topological polar surface area (TPSA) is 76.1 Å². The highest BCUT2D eigenvalue weighted by Gasteiger charge is 2.16. The molecule has 24 heavy (non-hydrogen) atoms. The highest BCUT2D eigenvalue weighted by molar-refractivity contribution is 8.01. The molecule has 2 rings (SSSR count). The van der Waals surface area contributed by atoms with Crippen molar-refractivity contribution >= 4 is 34.1 Å². The van der Waals surface area contributed by atoms with Gasteiger partial charge in [0.05, 0.1) is 11.9 Å². The molecule has 0 spiro atoms. The van der Waals surface area contributed by atoms with Gasteiger partial charge in [-0.2, -0.15) is 0 Å². The number of ether oxygens (including phenoxy) is 1. The second-order valence-corrected chi connectivity index (χ2v) is 8.82. The van der Waals surface area contributed by atoms with E-state index in [1.54, 1.807) is 0 Å². The van der Waals surface area contributed by atoms with Gasteiger partial charge in [-0.15, -0.1) is 10.2 Å².